The summed E-state index contributed by atoms with van der Waals surface area (Å²) >= 11 is 0. The molecule has 230 valence electrons. The van der Waals surface area contributed by atoms with Crippen LogP contribution in [-0.2, 0) is 14.6 Å². The number of anilines is 1. The number of amides is 1. The number of benzene rings is 2. The largest absolute Gasteiger partial charge is 0.336 e. The number of H-pyrrole nitrogens is 2. The Balaban J connectivity index is 1.43. The van der Waals surface area contributed by atoms with E-state index in [1.165, 1.54) is 36.8 Å². The Morgan fingerprint density at radius 3 is 2.51 bits per heavy atom. The van der Waals surface area contributed by atoms with E-state index in [2.05, 4.69) is 30.5 Å². The predicted octanol–water partition coefficient (Wildman–Crippen LogP) is 5.49. The van der Waals surface area contributed by atoms with Crippen LogP contribution in [0.1, 0.15) is 31.7 Å². The summed E-state index contributed by atoms with van der Waals surface area (Å²) in [5, 5.41) is 9.16. The fraction of sp³-hybridized carbons (Fsp3) is 0.194. The standard InChI is InChI=1S/C31H28F2N8O3S/c1-31(2,3)30(42)37-19-10-17(13-35-14-19)20-11-21-24(12-22(20)33)40-41-26(21)29-38-23-5-6-36-25(27(23)39-29)15-7-16(9-18(32)8-15)28(34)45(4,43)44/h5-14,28H,34H2,1-4H3,(H,37,42)(H,38,39)(H,40,41). The first-order chi connectivity index (χ1) is 21.2. The van der Waals surface area contributed by atoms with Gasteiger partial charge in [-0.15, -0.1) is 0 Å². The normalized spacial score (nSPS) is 13.0. The first-order valence-electron chi connectivity index (χ1n) is 13.7. The number of aromatic nitrogens is 6. The second-order valence-electron chi connectivity index (χ2n) is 11.8. The smallest absolute Gasteiger partial charge is 0.229 e. The third-order valence-corrected chi connectivity index (χ3v) is 8.44. The molecule has 6 aromatic rings. The molecule has 5 N–H and O–H groups in total. The molecule has 0 spiro atoms. The van der Waals surface area contributed by atoms with Gasteiger partial charge in [-0.2, -0.15) is 5.10 Å². The molecule has 1 amide bonds. The Kier molecular flexibility index (Phi) is 7.21. The van der Waals surface area contributed by atoms with Crippen molar-refractivity contribution < 1.29 is 22.0 Å². The highest BCUT2D eigenvalue weighted by atomic mass is 32.2. The van der Waals surface area contributed by atoms with E-state index in [9.17, 15) is 17.6 Å². The lowest BCUT2D eigenvalue weighted by Crippen LogP contribution is -2.27. The van der Waals surface area contributed by atoms with Crippen LogP contribution in [0.25, 0.3) is 55.8 Å². The maximum absolute atomic E-state index is 15.3. The number of sulfone groups is 1. The minimum atomic E-state index is -3.69. The number of halogens is 2. The van der Waals surface area contributed by atoms with Crippen molar-refractivity contribution in [2.75, 3.05) is 11.6 Å². The monoisotopic (exact) mass is 630 g/mol. The number of hydrogen-bond donors (Lipinski definition) is 4. The number of nitrogens with two attached hydrogens (primary N) is 1. The Morgan fingerprint density at radius 2 is 1.78 bits per heavy atom. The van der Waals surface area contributed by atoms with E-state index in [1.54, 1.807) is 39.0 Å². The van der Waals surface area contributed by atoms with Crippen LogP contribution in [0.3, 0.4) is 0 Å². The Labute approximate surface area is 256 Å². The SMILES string of the molecule is CC(C)(C)C(=O)Nc1cncc(-c2cc3c(-c4nc5c(-c6cc(F)cc(C(N)S(C)(=O)=O)c6)nccc5[nH]4)n[nH]c3cc2F)c1. The van der Waals surface area contributed by atoms with Crippen molar-refractivity contribution in [2.45, 2.75) is 26.1 Å². The van der Waals surface area contributed by atoms with Gasteiger partial charge < -0.3 is 16.0 Å². The van der Waals surface area contributed by atoms with Crippen LogP contribution in [0.4, 0.5) is 14.5 Å². The van der Waals surface area contributed by atoms with Gasteiger partial charge >= 0.3 is 0 Å². The number of nitrogens with one attached hydrogen (secondary N) is 3. The van der Waals surface area contributed by atoms with Gasteiger partial charge in [0.15, 0.2) is 15.7 Å². The molecule has 1 atom stereocenters. The first kappa shape index (κ1) is 30.0. The predicted molar refractivity (Wildman–Crippen MR) is 167 cm³/mol. The lowest BCUT2D eigenvalue weighted by molar-refractivity contribution is -0.123. The van der Waals surface area contributed by atoms with Crippen LogP contribution in [-0.4, -0.2) is 50.7 Å². The van der Waals surface area contributed by atoms with E-state index < -0.39 is 32.3 Å². The number of aromatic amines is 2. The summed E-state index contributed by atoms with van der Waals surface area (Å²) in [4.78, 5) is 29.0. The molecule has 0 aliphatic carbocycles. The molecule has 4 aromatic heterocycles. The van der Waals surface area contributed by atoms with Gasteiger partial charge in [0.1, 0.15) is 28.2 Å². The average molecular weight is 631 g/mol. The van der Waals surface area contributed by atoms with Crippen LogP contribution in [0.15, 0.2) is 61.1 Å². The maximum Gasteiger partial charge on any atom is 0.229 e. The lowest BCUT2D eigenvalue weighted by Gasteiger charge is -2.17. The number of rotatable bonds is 6. The number of nitrogens with zero attached hydrogens (tertiary/aromatic N) is 4. The molecule has 0 aliphatic heterocycles. The van der Waals surface area contributed by atoms with Crippen molar-refractivity contribution in [3.8, 4) is 33.9 Å². The first-order valence-corrected chi connectivity index (χ1v) is 15.7. The van der Waals surface area contributed by atoms with Crippen LogP contribution in [0.5, 0.6) is 0 Å². The van der Waals surface area contributed by atoms with E-state index in [4.69, 9.17) is 10.7 Å². The fourth-order valence-electron chi connectivity index (χ4n) is 4.83. The van der Waals surface area contributed by atoms with E-state index in [1.807, 2.05) is 0 Å². The van der Waals surface area contributed by atoms with Gasteiger partial charge in [-0.25, -0.2) is 22.2 Å². The second kappa shape index (κ2) is 10.8. The van der Waals surface area contributed by atoms with Gasteiger partial charge in [-0.3, -0.25) is 19.9 Å². The summed E-state index contributed by atoms with van der Waals surface area (Å²) in [5.74, 6) is -1.08. The molecule has 0 fully saturated rings. The summed E-state index contributed by atoms with van der Waals surface area (Å²) in [6, 6.07) is 10.0. The van der Waals surface area contributed by atoms with E-state index in [0.29, 0.717) is 50.4 Å². The molecule has 0 radical (unpaired) electrons. The van der Waals surface area contributed by atoms with Crippen LogP contribution in [0, 0.1) is 17.0 Å². The summed E-state index contributed by atoms with van der Waals surface area (Å²) < 4.78 is 54.1. The minimum absolute atomic E-state index is 0.0754. The van der Waals surface area contributed by atoms with Gasteiger partial charge in [-0.05, 0) is 42.0 Å². The average Bonchev–Trinajstić information content (AvgIpc) is 3.58. The molecule has 11 nitrogen and oxygen atoms in total. The van der Waals surface area contributed by atoms with Crippen LogP contribution < -0.4 is 11.1 Å². The molecule has 0 saturated carbocycles. The molecular weight excluding hydrogens is 602 g/mol. The van der Waals surface area contributed by atoms with Crippen molar-refractivity contribution in [3.63, 3.8) is 0 Å². The highest BCUT2D eigenvalue weighted by Crippen LogP contribution is 2.35. The number of carbonyl (C=O) groups is 1. The van der Waals surface area contributed by atoms with Crippen LogP contribution >= 0.6 is 0 Å². The molecule has 1 unspecified atom stereocenters. The zero-order valence-electron chi connectivity index (χ0n) is 24.6. The number of hydrogen-bond acceptors (Lipinski definition) is 8. The number of carbonyl (C=O) groups excluding carboxylic acids is 1. The molecule has 0 saturated heterocycles. The fourth-order valence-corrected chi connectivity index (χ4v) is 5.46. The third-order valence-electron chi connectivity index (χ3n) is 7.25. The highest BCUT2D eigenvalue weighted by Gasteiger charge is 2.23. The zero-order chi connectivity index (χ0) is 32.3. The molecule has 2 aromatic carbocycles. The van der Waals surface area contributed by atoms with E-state index >= 15 is 4.39 Å². The molecule has 14 heteroatoms. The quantitative estimate of drug-likeness (QED) is 0.187. The minimum Gasteiger partial charge on any atom is -0.336 e. The number of pyridine rings is 2. The highest BCUT2D eigenvalue weighted by molar-refractivity contribution is 7.90. The van der Waals surface area contributed by atoms with Gasteiger partial charge in [0.25, 0.3) is 0 Å². The summed E-state index contributed by atoms with van der Waals surface area (Å²) in [6.45, 7) is 5.36. The van der Waals surface area contributed by atoms with Gasteiger partial charge in [0.05, 0.1) is 28.6 Å². The molecule has 4 heterocycles. The number of fused-ring (bicyclic) bond motifs is 2. The van der Waals surface area contributed by atoms with Gasteiger partial charge in [0, 0.05) is 52.2 Å². The molecule has 0 bridgehead atoms. The van der Waals surface area contributed by atoms with E-state index in [0.717, 1.165) is 12.3 Å². The maximum atomic E-state index is 15.3. The molecule has 0 aliphatic rings. The topological polar surface area (TPSA) is 172 Å². The second-order valence-corrected chi connectivity index (χ2v) is 13.9. The third kappa shape index (κ3) is 5.77. The number of imidazole rings is 1. The van der Waals surface area contributed by atoms with Crippen molar-refractivity contribution in [1.82, 2.24) is 30.1 Å². The van der Waals surface area contributed by atoms with Crippen molar-refractivity contribution >= 4 is 43.4 Å². The van der Waals surface area contributed by atoms with E-state index in [-0.39, 0.29) is 22.6 Å². The Morgan fingerprint density at radius 1 is 1.00 bits per heavy atom. The molecular formula is C31H28F2N8O3S. The van der Waals surface area contributed by atoms with Crippen molar-refractivity contribution in [1.29, 1.82) is 0 Å². The van der Waals surface area contributed by atoms with Gasteiger partial charge in [-0.1, -0.05) is 20.8 Å². The van der Waals surface area contributed by atoms with Gasteiger partial charge in [0.2, 0.25) is 5.91 Å². The lowest BCUT2D eigenvalue weighted by atomic mass is 9.95. The zero-order valence-corrected chi connectivity index (χ0v) is 25.4. The Hall–Kier alpha value is -5.08. The van der Waals surface area contributed by atoms with Crippen LogP contribution in [0.2, 0.25) is 0 Å². The summed E-state index contributed by atoms with van der Waals surface area (Å²) in [6.07, 6.45) is 5.47. The molecule has 6 rings (SSSR count). The molecule has 45 heavy (non-hydrogen) atoms. The van der Waals surface area contributed by atoms with Crippen molar-refractivity contribution in [3.05, 3.63) is 78.3 Å². The summed E-state index contributed by atoms with van der Waals surface area (Å²) in [7, 11) is -3.69. The van der Waals surface area contributed by atoms with Crippen molar-refractivity contribution in [2.24, 2.45) is 11.1 Å². The summed E-state index contributed by atoms with van der Waals surface area (Å²) in [5.41, 5.74) is 8.74. The Bertz CT molecular complexity index is 2240.